The highest BCUT2D eigenvalue weighted by atomic mass is 16.5. The molecule has 13 nitrogen and oxygen atoms in total. The monoisotopic (exact) mass is 875 g/mol. The van der Waals surface area contributed by atoms with Gasteiger partial charge >= 0.3 is 11.9 Å². The smallest absolute Gasteiger partial charge is 0.333 e. The second kappa shape index (κ2) is 50.7. The molecule has 0 atom stereocenters. The summed E-state index contributed by atoms with van der Waals surface area (Å²) in [6, 6.07) is 0. The fourth-order valence-corrected chi connectivity index (χ4v) is 5.37. The third kappa shape index (κ3) is 50.6. The summed E-state index contributed by atoms with van der Waals surface area (Å²) in [5, 5.41) is 0. The average molecular weight is 875 g/mol. The zero-order valence-corrected chi connectivity index (χ0v) is 39.0. The van der Waals surface area contributed by atoms with Gasteiger partial charge in [-0.3, -0.25) is 0 Å². The summed E-state index contributed by atoms with van der Waals surface area (Å²) in [5.74, 6) is -0.649. The van der Waals surface area contributed by atoms with Crippen molar-refractivity contribution in [3.8, 4) is 0 Å². The Balaban J connectivity index is 3.10. The van der Waals surface area contributed by atoms with Gasteiger partial charge in [-0.1, -0.05) is 13.2 Å². The van der Waals surface area contributed by atoms with E-state index in [9.17, 15) is 9.59 Å². The first-order valence-corrected chi connectivity index (χ1v) is 23.8. The molecule has 0 amide bonds. The minimum Gasteiger partial charge on any atom is -0.462 e. The van der Waals surface area contributed by atoms with Crippen LogP contribution in [0.3, 0.4) is 0 Å². The van der Waals surface area contributed by atoms with Crippen molar-refractivity contribution in [1.29, 1.82) is 0 Å². The predicted octanol–water partition coefficient (Wildman–Crippen LogP) is 9.18. The highest BCUT2D eigenvalue weighted by Gasteiger charge is 2.03. The third-order valence-corrected chi connectivity index (χ3v) is 9.15. The van der Waals surface area contributed by atoms with Crippen molar-refractivity contribution in [3.05, 3.63) is 24.3 Å². The molecular weight excluding hydrogens is 785 g/mol. The minimum absolute atomic E-state index is 0.325. The fraction of sp³-hybridized carbons (Fsp3) is 0.875. The molecule has 0 rings (SSSR count). The predicted molar refractivity (Wildman–Crippen MR) is 241 cm³/mol. The van der Waals surface area contributed by atoms with Crippen LogP contribution in [0.2, 0.25) is 0 Å². The molecule has 0 N–H and O–H groups in total. The maximum atomic E-state index is 11.3. The van der Waals surface area contributed by atoms with Crippen LogP contribution in [0.1, 0.15) is 142 Å². The number of rotatable bonds is 52. The molecule has 0 unspecified atom stereocenters. The second-order valence-corrected chi connectivity index (χ2v) is 15.4. The van der Waals surface area contributed by atoms with Crippen molar-refractivity contribution in [1.82, 2.24) is 0 Å². The number of esters is 2. The number of carbonyl (C=O) groups excluding carboxylic acids is 2. The van der Waals surface area contributed by atoms with Crippen LogP contribution in [-0.2, 0) is 61.7 Å². The van der Waals surface area contributed by atoms with Gasteiger partial charge in [-0.05, 0) is 142 Å². The van der Waals surface area contributed by atoms with E-state index in [1.54, 1.807) is 13.8 Å². The Hall–Kier alpha value is -1.94. The lowest BCUT2D eigenvalue weighted by atomic mass is 10.3. The summed E-state index contributed by atoms with van der Waals surface area (Å²) in [5.41, 5.74) is 0.868. The summed E-state index contributed by atoms with van der Waals surface area (Å²) in [4.78, 5) is 22.6. The molecule has 0 aliphatic heterocycles. The van der Waals surface area contributed by atoms with Gasteiger partial charge in [-0.2, -0.15) is 0 Å². The lowest BCUT2D eigenvalue weighted by Crippen LogP contribution is -2.07. The largest absolute Gasteiger partial charge is 0.462 e. The normalized spacial score (nSPS) is 11.3. The van der Waals surface area contributed by atoms with Crippen molar-refractivity contribution in [2.24, 2.45) is 0 Å². The first-order chi connectivity index (χ1) is 29.9. The fourth-order valence-electron chi connectivity index (χ4n) is 5.37. The van der Waals surface area contributed by atoms with Crippen molar-refractivity contribution in [2.45, 2.75) is 142 Å². The van der Waals surface area contributed by atoms with Gasteiger partial charge < -0.3 is 52.1 Å². The molecular formula is C48H90O13. The van der Waals surface area contributed by atoms with Gasteiger partial charge in [0.25, 0.3) is 0 Å². The van der Waals surface area contributed by atoms with Crippen molar-refractivity contribution >= 4 is 11.9 Å². The van der Waals surface area contributed by atoms with E-state index in [-0.39, 0.29) is 11.9 Å². The van der Waals surface area contributed by atoms with Gasteiger partial charge in [0.05, 0.1) is 13.2 Å². The summed E-state index contributed by atoms with van der Waals surface area (Å²) in [6.07, 6.45) is 19.7. The molecule has 0 radical (unpaired) electrons. The van der Waals surface area contributed by atoms with E-state index in [1.165, 1.54) is 0 Å². The Bertz CT molecular complexity index is 890. The lowest BCUT2D eigenvalue weighted by molar-refractivity contribution is -0.140. The van der Waals surface area contributed by atoms with E-state index in [2.05, 4.69) is 13.2 Å². The summed E-state index contributed by atoms with van der Waals surface area (Å²) < 4.78 is 61.5. The molecule has 0 fully saturated rings. The van der Waals surface area contributed by atoms with Gasteiger partial charge in [0.1, 0.15) is 0 Å². The second-order valence-electron chi connectivity index (χ2n) is 15.4. The minimum atomic E-state index is -0.325. The van der Waals surface area contributed by atoms with E-state index in [1.807, 2.05) is 0 Å². The van der Waals surface area contributed by atoms with Gasteiger partial charge in [0.15, 0.2) is 0 Å². The van der Waals surface area contributed by atoms with E-state index >= 15 is 0 Å². The molecule has 13 heteroatoms. The average Bonchev–Trinajstić information content (AvgIpc) is 3.25. The lowest BCUT2D eigenvalue weighted by Gasteiger charge is -2.08. The Morgan fingerprint density at radius 3 is 0.475 bits per heavy atom. The topological polar surface area (TPSA) is 136 Å². The maximum absolute atomic E-state index is 11.3. The molecule has 0 aliphatic rings. The van der Waals surface area contributed by atoms with Crippen LogP contribution in [0.5, 0.6) is 0 Å². The summed E-state index contributed by atoms with van der Waals surface area (Å²) in [6.45, 7) is 25.2. The highest BCUT2D eigenvalue weighted by Crippen LogP contribution is 2.03. The molecule has 0 heterocycles. The Morgan fingerprint density at radius 1 is 0.246 bits per heavy atom. The van der Waals surface area contributed by atoms with Crippen LogP contribution >= 0.6 is 0 Å². The van der Waals surface area contributed by atoms with E-state index in [0.29, 0.717) is 37.6 Å². The third-order valence-electron chi connectivity index (χ3n) is 9.15. The quantitative estimate of drug-likeness (QED) is 0.0327. The molecule has 0 saturated carbocycles. The van der Waals surface area contributed by atoms with Gasteiger partial charge in [0.2, 0.25) is 0 Å². The number of hydrogen-bond donors (Lipinski definition) is 0. The molecule has 0 aromatic carbocycles. The molecule has 61 heavy (non-hydrogen) atoms. The van der Waals surface area contributed by atoms with E-state index < -0.39 is 0 Å². The standard InChI is InChI=1S/C48H90O13/c1-45(2)47(49)60-43-23-21-41-58-39-19-17-37-56-35-15-13-33-54-31-11-9-29-52-27-7-5-25-51-26-6-8-28-53-30-10-12-32-55-34-14-16-36-57-38-18-20-40-59-42-22-24-44-61-48(50)46(3)4/h1,3,5-44H2,2,4H3. The van der Waals surface area contributed by atoms with E-state index in [4.69, 9.17) is 52.1 Å². The van der Waals surface area contributed by atoms with Crippen LogP contribution in [0.25, 0.3) is 0 Å². The number of unbranched alkanes of at least 4 members (excludes halogenated alkanes) is 10. The molecule has 0 bridgehead atoms. The Morgan fingerprint density at radius 2 is 0.361 bits per heavy atom. The zero-order valence-electron chi connectivity index (χ0n) is 39.0. The highest BCUT2D eigenvalue weighted by molar-refractivity contribution is 5.87. The van der Waals surface area contributed by atoms with Crippen LogP contribution in [0.4, 0.5) is 0 Å². The maximum Gasteiger partial charge on any atom is 0.333 e. The number of ether oxygens (including phenoxy) is 11. The van der Waals surface area contributed by atoms with Gasteiger partial charge in [-0.15, -0.1) is 0 Å². The molecule has 0 saturated heterocycles. The SMILES string of the molecule is C=C(C)C(=O)OCCCCOCCCCOCCCCOCCCCOCCCCOCCCCOCCCCOCCCCOCCCCOCCCCOC(=O)C(=C)C. The molecule has 0 aromatic heterocycles. The first-order valence-electron chi connectivity index (χ1n) is 23.8. The Kier molecular flexibility index (Phi) is 49.1. The van der Waals surface area contributed by atoms with Crippen LogP contribution in [0.15, 0.2) is 24.3 Å². The van der Waals surface area contributed by atoms with Crippen molar-refractivity contribution < 1.29 is 61.7 Å². The molecule has 0 aromatic rings. The summed E-state index contributed by atoms with van der Waals surface area (Å²) >= 11 is 0. The van der Waals surface area contributed by atoms with Crippen molar-refractivity contribution in [2.75, 3.05) is 132 Å². The van der Waals surface area contributed by atoms with Crippen LogP contribution < -0.4 is 0 Å². The molecule has 0 spiro atoms. The van der Waals surface area contributed by atoms with Gasteiger partial charge in [-0.25, -0.2) is 9.59 Å². The molecule has 360 valence electrons. The van der Waals surface area contributed by atoms with Crippen LogP contribution in [0, 0.1) is 0 Å². The number of hydrogen-bond acceptors (Lipinski definition) is 13. The van der Waals surface area contributed by atoms with Crippen LogP contribution in [-0.4, -0.2) is 144 Å². The first kappa shape index (κ1) is 59.1. The van der Waals surface area contributed by atoms with E-state index in [0.717, 1.165) is 234 Å². The zero-order chi connectivity index (χ0) is 44.4. The van der Waals surface area contributed by atoms with Gasteiger partial charge in [0, 0.05) is 130 Å². The number of carbonyl (C=O) groups is 2. The molecule has 0 aliphatic carbocycles. The van der Waals surface area contributed by atoms with Crippen molar-refractivity contribution in [3.63, 3.8) is 0 Å². The Labute approximate surface area is 371 Å². The summed E-state index contributed by atoms with van der Waals surface area (Å²) in [7, 11) is 0.